The molecule has 2 heterocycles. The van der Waals surface area contributed by atoms with Crippen LogP contribution < -0.4 is 10.6 Å². The van der Waals surface area contributed by atoms with Crippen molar-refractivity contribution in [3.05, 3.63) is 22.3 Å². The van der Waals surface area contributed by atoms with Crippen LogP contribution in [0.25, 0.3) is 0 Å². The van der Waals surface area contributed by atoms with Crippen molar-refractivity contribution < 1.29 is 0 Å². The Morgan fingerprint density at radius 1 is 1.32 bits per heavy atom. The van der Waals surface area contributed by atoms with Crippen LogP contribution in [0.2, 0.25) is 0 Å². The van der Waals surface area contributed by atoms with Crippen LogP contribution in [-0.4, -0.2) is 48.6 Å². The molecule has 2 rings (SSSR count). The molecule has 1 atom stereocenters. The average molecular weight is 327 g/mol. The number of rotatable bonds is 4. The van der Waals surface area contributed by atoms with E-state index in [9.17, 15) is 0 Å². The summed E-state index contributed by atoms with van der Waals surface area (Å²) < 4.78 is 1.07. The fraction of sp³-hybridized carbons (Fsp3) is 0.643. The van der Waals surface area contributed by atoms with Gasteiger partial charge < -0.3 is 10.6 Å². The molecule has 5 heteroatoms. The van der Waals surface area contributed by atoms with E-state index in [0.717, 1.165) is 55.1 Å². The minimum absolute atomic E-state index is 0.529. The highest BCUT2D eigenvalue weighted by molar-refractivity contribution is 9.10. The molecule has 1 aliphatic heterocycles. The third-order valence-corrected chi connectivity index (χ3v) is 4.74. The summed E-state index contributed by atoms with van der Waals surface area (Å²) in [5.74, 6) is 1.08. The number of hydrogen-bond donors (Lipinski definition) is 1. The predicted molar refractivity (Wildman–Crippen MR) is 83.6 cm³/mol. The van der Waals surface area contributed by atoms with Gasteiger partial charge in [-0.2, -0.15) is 0 Å². The fourth-order valence-electron chi connectivity index (χ4n) is 2.60. The van der Waals surface area contributed by atoms with Crippen molar-refractivity contribution >= 4 is 21.7 Å². The predicted octanol–water partition coefficient (Wildman–Crippen LogP) is 2.01. The average Bonchev–Trinajstić information content (AvgIpc) is 2.44. The maximum Gasteiger partial charge on any atom is 0.128 e. The van der Waals surface area contributed by atoms with Gasteiger partial charge in [0.15, 0.2) is 0 Å². The number of nitrogens with zero attached hydrogens (tertiary/aromatic N) is 3. The largest absolute Gasteiger partial charge is 0.354 e. The van der Waals surface area contributed by atoms with Gasteiger partial charge in [-0.1, -0.05) is 6.92 Å². The molecular formula is C14H23BrN4. The molecular weight excluding hydrogens is 304 g/mol. The molecule has 19 heavy (non-hydrogen) atoms. The van der Waals surface area contributed by atoms with E-state index < -0.39 is 0 Å². The van der Waals surface area contributed by atoms with E-state index in [0.29, 0.717) is 6.04 Å². The maximum absolute atomic E-state index is 5.82. The van der Waals surface area contributed by atoms with Crippen molar-refractivity contribution in [2.24, 2.45) is 5.73 Å². The Hall–Kier alpha value is -0.650. The van der Waals surface area contributed by atoms with Crippen molar-refractivity contribution in [2.75, 3.05) is 37.6 Å². The van der Waals surface area contributed by atoms with E-state index in [1.165, 1.54) is 0 Å². The summed E-state index contributed by atoms with van der Waals surface area (Å²) in [6.45, 7) is 9.22. The third-order valence-electron chi connectivity index (χ3n) is 3.90. The zero-order valence-corrected chi connectivity index (χ0v) is 13.4. The van der Waals surface area contributed by atoms with Gasteiger partial charge in [-0.3, -0.25) is 4.90 Å². The smallest absolute Gasteiger partial charge is 0.128 e. The summed E-state index contributed by atoms with van der Waals surface area (Å²) in [7, 11) is 0. The summed E-state index contributed by atoms with van der Waals surface area (Å²) in [5.41, 5.74) is 6.87. The molecule has 106 valence electrons. The number of aromatic nitrogens is 1. The van der Waals surface area contributed by atoms with Gasteiger partial charge in [0.25, 0.3) is 0 Å². The van der Waals surface area contributed by atoms with Gasteiger partial charge in [0.05, 0.1) is 5.69 Å². The molecule has 1 unspecified atom stereocenters. The summed E-state index contributed by atoms with van der Waals surface area (Å²) in [4.78, 5) is 9.50. The first-order valence-electron chi connectivity index (χ1n) is 6.98. The maximum atomic E-state index is 5.82. The van der Waals surface area contributed by atoms with Crippen molar-refractivity contribution in [2.45, 2.75) is 26.3 Å². The highest BCUT2D eigenvalue weighted by atomic mass is 79.9. The lowest BCUT2D eigenvalue weighted by atomic mass is 10.1. The van der Waals surface area contributed by atoms with Gasteiger partial charge in [-0.05, 0) is 41.4 Å². The van der Waals surface area contributed by atoms with Crippen molar-refractivity contribution in [3.63, 3.8) is 0 Å². The van der Waals surface area contributed by atoms with Crippen molar-refractivity contribution in [3.8, 4) is 0 Å². The van der Waals surface area contributed by atoms with Gasteiger partial charge in [-0.25, -0.2) is 4.98 Å². The molecule has 0 bridgehead atoms. The highest BCUT2D eigenvalue weighted by Crippen LogP contribution is 2.20. The Morgan fingerprint density at radius 2 is 2.00 bits per heavy atom. The number of pyridine rings is 1. The van der Waals surface area contributed by atoms with Crippen LogP contribution in [0.1, 0.15) is 19.0 Å². The molecule has 1 fully saturated rings. The van der Waals surface area contributed by atoms with Gasteiger partial charge in [0.2, 0.25) is 0 Å². The van der Waals surface area contributed by atoms with E-state index >= 15 is 0 Å². The van der Waals surface area contributed by atoms with E-state index in [-0.39, 0.29) is 0 Å². The molecule has 0 amide bonds. The zero-order valence-electron chi connectivity index (χ0n) is 11.8. The normalized spacial score (nSPS) is 18.6. The number of halogens is 1. The molecule has 1 aliphatic rings. The molecule has 0 radical (unpaired) electrons. The quantitative estimate of drug-likeness (QED) is 0.919. The van der Waals surface area contributed by atoms with Crippen LogP contribution in [0.4, 0.5) is 5.82 Å². The number of nitrogens with two attached hydrogens (primary N) is 1. The molecule has 0 saturated carbocycles. The van der Waals surface area contributed by atoms with Crippen LogP contribution in [-0.2, 0) is 0 Å². The molecule has 4 nitrogen and oxygen atoms in total. The SMILES string of the molecule is CCC(CN)N1CCN(c2ccc(Br)c(C)n2)CC1. The Balaban J connectivity index is 1.97. The van der Waals surface area contributed by atoms with Crippen molar-refractivity contribution in [1.29, 1.82) is 0 Å². The minimum Gasteiger partial charge on any atom is -0.354 e. The van der Waals surface area contributed by atoms with Gasteiger partial charge in [0, 0.05) is 43.2 Å². The first-order chi connectivity index (χ1) is 9.15. The molecule has 0 spiro atoms. The summed E-state index contributed by atoms with van der Waals surface area (Å²) in [5, 5.41) is 0. The second-order valence-electron chi connectivity index (χ2n) is 5.06. The lowest BCUT2D eigenvalue weighted by Crippen LogP contribution is -2.52. The second-order valence-corrected chi connectivity index (χ2v) is 5.91. The van der Waals surface area contributed by atoms with Crippen LogP contribution in [0.5, 0.6) is 0 Å². The Morgan fingerprint density at radius 3 is 2.53 bits per heavy atom. The lowest BCUT2D eigenvalue weighted by molar-refractivity contribution is 0.184. The third kappa shape index (κ3) is 3.46. The van der Waals surface area contributed by atoms with Gasteiger partial charge in [-0.15, -0.1) is 0 Å². The molecule has 0 aliphatic carbocycles. The van der Waals surface area contributed by atoms with Crippen LogP contribution >= 0.6 is 15.9 Å². The molecule has 0 aromatic carbocycles. The Labute approximate surface area is 124 Å². The first kappa shape index (κ1) is 14.8. The van der Waals surface area contributed by atoms with Gasteiger partial charge in [0.1, 0.15) is 5.82 Å². The van der Waals surface area contributed by atoms with Crippen LogP contribution in [0.15, 0.2) is 16.6 Å². The Kier molecular flexibility index (Phi) is 5.19. The molecule has 1 aromatic rings. The number of piperazine rings is 1. The standard InChI is InChI=1S/C14H23BrN4/c1-3-12(10-16)18-6-8-19(9-7-18)14-5-4-13(15)11(2)17-14/h4-5,12H,3,6-10,16H2,1-2H3. The van der Waals surface area contributed by atoms with Crippen LogP contribution in [0.3, 0.4) is 0 Å². The number of anilines is 1. The number of aryl methyl sites for hydroxylation is 1. The lowest BCUT2D eigenvalue weighted by Gasteiger charge is -2.39. The molecule has 2 N–H and O–H groups in total. The Bertz CT molecular complexity index is 412. The monoisotopic (exact) mass is 326 g/mol. The van der Waals surface area contributed by atoms with E-state index in [1.54, 1.807) is 0 Å². The van der Waals surface area contributed by atoms with Crippen molar-refractivity contribution in [1.82, 2.24) is 9.88 Å². The van der Waals surface area contributed by atoms with E-state index in [2.05, 4.69) is 49.8 Å². The topological polar surface area (TPSA) is 45.4 Å². The molecule has 1 aromatic heterocycles. The molecule has 1 saturated heterocycles. The number of hydrogen-bond acceptors (Lipinski definition) is 4. The summed E-state index contributed by atoms with van der Waals surface area (Å²) >= 11 is 3.50. The zero-order chi connectivity index (χ0) is 13.8. The summed E-state index contributed by atoms with van der Waals surface area (Å²) in [6, 6.07) is 4.70. The summed E-state index contributed by atoms with van der Waals surface area (Å²) in [6.07, 6.45) is 1.13. The minimum atomic E-state index is 0.529. The van der Waals surface area contributed by atoms with E-state index in [4.69, 9.17) is 5.73 Å². The first-order valence-corrected chi connectivity index (χ1v) is 7.77. The second kappa shape index (κ2) is 6.68. The highest BCUT2D eigenvalue weighted by Gasteiger charge is 2.22. The van der Waals surface area contributed by atoms with Crippen LogP contribution in [0, 0.1) is 6.92 Å². The fourth-order valence-corrected chi connectivity index (χ4v) is 2.82. The van der Waals surface area contributed by atoms with Gasteiger partial charge >= 0.3 is 0 Å². The van der Waals surface area contributed by atoms with E-state index in [1.807, 2.05) is 6.92 Å².